The molecule has 0 aliphatic carbocycles. The van der Waals surface area contributed by atoms with Crippen molar-refractivity contribution in [1.29, 1.82) is 5.26 Å². The van der Waals surface area contributed by atoms with Crippen molar-refractivity contribution >= 4 is 17.8 Å². The Balaban J connectivity index is 1.95. The van der Waals surface area contributed by atoms with Crippen molar-refractivity contribution in [2.75, 3.05) is 0 Å². The van der Waals surface area contributed by atoms with Gasteiger partial charge in [-0.15, -0.1) is 0 Å². The molecule has 0 heterocycles. The molecular formula is C17H14N4O4. The number of amides is 1. The van der Waals surface area contributed by atoms with E-state index in [0.717, 1.165) is 0 Å². The SMILES string of the molecule is C[C@@H](Oc1ccc(C#N)cc1)C(=O)NN=Cc1ccccc1[N+](=O)[O-]. The molecule has 0 bridgehead atoms. The fourth-order valence-corrected chi connectivity index (χ4v) is 1.88. The highest BCUT2D eigenvalue weighted by atomic mass is 16.6. The molecule has 1 amide bonds. The van der Waals surface area contributed by atoms with Crippen LogP contribution < -0.4 is 10.2 Å². The number of para-hydroxylation sites is 1. The zero-order valence-electron chi connectivity index (χ0n) is 13.2. The van der Waals surface area contributed by atoms with Gasteiger partial charge in [0.05, 0.1) is 28.3 Å². The first kappa shape index (κ1) is 17.6. The fourth-order valence-electron chi connectivity index (χ4n) is 1.88. The summed E-state index contributed by atoms with van der Waals surface area (Å²) >= 11 is 0. The van der Waals surface area contributed by atoms with Crippen LogP contribution in [0.15, 0.2) is 53.6 Å². The number of rotatable bonds is 6. The van der Waals surface area contributed by atoms with E-state index in [9.17, 15) is 14.9 Å². The highest BCUT2D eigenvalue weighted by Gasteiger charge is 2.14. The summed E-state index contributed by atoms with van der Waals surface area (Å²) in [5.41, 5.74) is 2.92. The molecule has 126 valence electrons. The van der Waals surface area contributed by atoms with Gasteiger partial charge in [0.1, 0.15) is 5.75 Å². The molecular weight excluding hydrogens is 324 g/mol. The molecule has 0 saturated heterocycles. The predicted molar refractivity (Wildman–Crippen MR) is 90.1 cm³/mol. The van der Waals surface area contributed by atoms with Gasteiger partial charge in [-0.1, -0.05) is 12.1 Å². The molecule has 25 heavy (non-hydrogen) atoms. The number of nitrogens with zero attached hydrogens (tertiary/aromatic N) is 3. The van der Waals surface area contributed by atoms with Gasteiger partial charge < -0.3 is 4.74 Å². The second-order valence-electron chi connectivity index (χ2n) is 4.95. The van der Waals surface area contributed by atoms with Crippen molar-refractivity contribution in [3.05, 3.63) is 69.8 Å². The summed E-state index contributed by atoms with van der Waals surface area (Å²) in [6.07, 6.45) is 0.362. The summed E-state index contributed by atoms with van der Waals surface area (Å²) < 4.78 is 5.44. The number of nitriles is 1. The smallest absolute Gasteiger partial charge is 0.280 e. The van der Waals surface area contributed by atoms with Crippen molar-refractivity contribution in [2.24, 2.45) is 5.10 Å². The number of hydrogen-bond acceptors (Lipinski definition) is 6. The first-order valence-electron chi connectivity index (χ1n) is 7.24. The molecule has 8 heteroatoms. The third kappa shape index (κ3) is 4.87. The fraction of sp³-hybridized carbons (Fsp3) is 0.118. The Kier molecular flexibility index (Phi) is 5.79. The van der Waals surface area contributed by atoms with E-state index in [1.807, 2.05) is 6.07 Å². The van der Waals surface area contributed by atoms with Crippen molar-refractivity contribution in [1.82, 2.24) is 5.43 Å². The zero-order valence-corrected chi connectivity index (χ0v) is 13.2. The molecule has 1 N–H and O–H groups in total. The van der Waals surface area contributed by atoms with Gasteiger partial charge in [0.2, 0.25) is 0 Å². The summed E-state index contributed by atoms with van der Waals surface area (Å²) in [5.74, 6) is -0.0801. The van der Waals surface area contributed by atoms with E-state index >= 15 is 0 Å². The summed E-state index contributed by atoms with van der Waals surface area (Å²) in [6.45, 7) is 1.54. The van der Waals surface area contributed by atoms with Crippen LogP contribution >= 0.6 is 0 Å². The van der Waals surface area contributed by atoms with E-state index < -0.39 is 16.9 Å². The number of hydrogen-bond donors (Lipinski definition) is 1. The Morgan fingerprint density at radius 2 is 2.00 bits per heavy atom. The number of nitro benzene ring substituents is 1. The minimum absolute atomic E-state index is 0.109. The lowest BCUT2D eigenvalue weighted by molar-refractivity contribution is -0.385. The lowest BCUT2D eigenvalue weighted by atomic mass is 10.2. The number of ether oxygens (including phenoxy) is 1. The van der Waals surface area contributed by atoms with Gasteiger partial charge in [-0.25, -0.2) is 5.43 Å². The van der Waals surface area contributed by atoms with Gasteiger partial charge in [0.15, 0.2) is 6.10 Å². The molecule has 0 fully saturated rings. The average molecular weight is 338 g/mol. The molecule has 0 saturated carbocycles. The maximum Gasteiger partial charge on any atom is 0.280 e. The van der Waals surface area contributed by atoms with Gasteiger partial charge in [-0.2, -0.15) is 10.4 Å². The van der Waals surface area contributed by atoms with Crippen LogP contribution in [0.2, 0.25) is 0 Å². The number of hydrazone groups is 1. The summed E-state index contributed by atoms with van der Waals surface area (Å²) in [4.78, 5) is 22.3. The van der Waals surface area contributed by atoms with Gasteiger partial charge in [-0.3, -0.25) is 14.9 Å². The van der Waals surface area contributed by atoms with Crippen molar-refractivity contribution in [3.8, 4) is 11.8 Å². The molecule has 1 atom stereocenters. The molecule has 2 aromatic rings. The first-order valence-corrected chi connectivity index (χ1v) is 7.24. The number of benzene rings is 2. The molecule has 0 aromatic heterocycles. The third-order valence-electron chi connectivity index (χ3n) is 3.18. The van der Waals surface area contributed by atoms with E-state index in [0.29, 0.717) is 11.3 Å². The van der Waals surface area contributed by atoms with Crippen LogP contribution in [0.1, 0.15) is 18.1 Å². The van der Waals surface area contributed by atoms with E-state index in [1.54, 1.807) is 36.4 Å². The van der Waals surface area contributed by atoms with Crippen molar-refractivity contribution < 1.29 is 14.5 Å². The second kappa shape index (κ2) is 8.21. The minimum atomic E-state index is -0.837. The van der Waals surface area contributed by atoms with Crippen LogP contribution in [0.4, 0.5) is 5.69 Å². The number of carbonyl (C=O) groups excluding carboxylic acids is 1. The zero-order chi connectivity index (χ0) is 18.2. The molecule has 0 aliphatic rings. The van der Waals surface area contributed by atoms with E-state index in [-0.39, 0.29) is 11.3 Å². The maximum absolute atomic E-state index is 11.9. The molecule has 2 rings (SSSR count). The molecule has 0 radical (unpaired) electrons. The van der Waals surface area contributed by atoms with Crippen LogP contribution in [0.5, 0.6) is 5.75 Å². The molecule has 8 nitrogen and oxygen atoms in total. The molecule has 0 unspecified atom stereocenters. The van der Waals surface area contributed by atoms with E-state index in [4.69, 9.17) is 10.00 Å². The summed E-state index contributed by atoms with van der Waals surface area (Å²) in [6, 6.07) is 14.3. The lowest BCUT2D eigenvalue weighted by Gasteiger charge is -2.12. The van der Waals surface area contributed by atoms with Crippen LogP contribution in [-0.2, 0) is 4.79 Å². The Bertz CT molecular complexity index is 840. The topological polar surface area (TPSA) is 118 Å². The van der Waals surface area contributed by atoms with Crippen molar-refractivity contribution in [3.63, 3.8) is 0 Å². The monoisotopic (exact) mass is 338 g/mol. The van der Waals surface area contributed by atoms with Crippen molar-refractivity contribution in [2.45, 2.75) is 13.0 Å². The van der Waals surface area contributed by atoms with Gasteiger partial charge in [0.25, 0.3) is 11.6 Å². The number of nitrogens with one attached hydrogen (secondary N) is 1. The first-order chi connectivity index (χ1) is 12.0. The minimum Gasteiger partial charge on any atom is -0.481 e. The van der Waals surface area contributed by atoms with Crippen LogP contribution in [-0.4, -0.2) is 23.1 Å². The summed E-state index contributed by atoms with van der Waals surface area (Å²) in [7, 11) is 0. The van der Waals surface area contributed by atoms with Crippen LogP contribution in [0.25, 0.3) is 0 Å². The van der Waals surface area contributed by atoms with Crippen LogP contribution in [0, 0.1) is 21.4 Å². The van der Waals surface area contributed by atoms with E-state index in [2.05, 4.69) is 10.5 Å². The normalized spacial score (nSPS) is 11.5. The molecule has 0 aliphatic heterocycles. The Morgan fingerprint density at radius 3 is 2.64 bits per heavy atom. The largest absolute Gasteiger partial charge is 0.481 e. The highest BCUT2D eigenvalue weighted by Crippen LogP contribution is 2.15. The van der Waals surface area contributed by atoms with E-state index in [1.165, 1.54) is 25.3 Å². The Labute approximate surface area is 143 Å². The van der Waals surface area contributed by atoms with Gasteiger partial charge in [-0.05, 0) is 37.3 Å². The molecule has 0 spiro atoms. The Morgan fingerprint density at radius 1 is 1.32 bits per heavy atom. The van der Waals surface area contributed by atoms with Gasteiger partial charge in [0, 0.05) is 6.07 Å². The highest BCUT2D eigenvalue weighted by molar-refractivity contribution is 5.87. The predicted octanol–water partition coefficient (Wildman–Crippen LogP) is 2.38. The lowest BCUT2D eigenvalue weighted by Crippen LogP contribution is -2.33. The van der Waals surface area contributed by atoms with Crippen LogP contribution in [0.3, 0.4) is 0 Å². The standard InChI is InChI=1S/C17H14N4O4/c1-12(25-15-8-6-13(10-18)7-9-15)17(22)20-19-11-14-4-2-3-5-16(14)21(23)24/h2-9,11-12H,1H3,(H,20,22)/t12-/m1/s1. The van der Waals surface area contributed by atoms with Gasteiger partial charge >= 0.3 is 0 Å². The molecule has 2 aromatic carbocycles. The number of nitro groups is 1. The maximum atomic E-state index is 11.9. The summed E-state index contributed by atoms with van der Waals surface area (Å²) in [5, 5.41) is 23.3. The third-order valence-corrected chi connectivity index (χ3v) is 3.18. The quantitative estimate of drug-likeness (QED) is 0.493. The number of carbonyl (C=O) groups is 1. The second-order valence-corrected chi connectivity index (χ2v) is 4.95. The Hall–Kier alpha value is -3.73. The average Bonchev–Trinajstić information content (AvgIpc) is 2.62.